The fraction of sp³-hybridized carbons (Fsp3) is 0.105. The third kappa shape index (κ3) is 3.10. The lowest BCUT2D eigenvalue weighted by molar-refractivity contribution is 0.0601. The molecule has 0 aliphatic rings. The number of oxime groups is 1. The third-order valence-corrected chi connectivity index (χ3v) is 3.65. The second kappa shape index (κ2) is 6.91. The van der Waals surface area contributed by atoms with E-state index in [1.54, 1.807) is 18.5 Å². The summed E-state index contributed by atoms with van der Waals surface area (Å²) in [4.78, 5) is 20.8. The molecule has 0 saturated heterocycles. The van der Waals surface area contributed by atoms with Crippen LogP contribution in [0.3, 0.4) is 0 Å². The van der Waals surface area contributed by atoms with Gasteiger partial charge in [0.15, 0.2) is 0 Å². The number of benzene rings is 2. The van der Waals surface area contributed by atoms with Crippen molar-refractivity contribution >= 4 is 22.5 Å². The van der Waals surface area contributed by atoms with Gasteiger partial charge in [0.25, 0.3) is 0 Å². The van der Waals surface area contributed by atoms with Crippen LogP contribution in [-0.2, 0) is 9.57 Å². The van der Waals surface area contributed by atoms with Crippen molar-refractivity contribution < 1.29 is 14.4 Å². The number of methoxy groups -OCH3 is 1. The monoisotopic (exact) mass is 320 g/mol. The zero-order valence-electron chi connectivity index (χ0n) is 13.4. The predicted octanol–water partition coefficient (Wildman–Crippen LogP) is 3.42. The maximum atomic E-state index is 11.6. The summed E-state index contributed by atoms with van der Waals surface area (Å²) in [6.45, 7) is 0. The minimum atomic E-state index is -0.349. The molecule has 0 atom stereocenters. The molecule has 0 aliphatic carbocycles. The Bertz CT molecular complexity index is 905. The first kappa shape index (κ1) is 15.7. The van der Waals surface area contributed by atoms with E-state index in [2.05, 4.69) is 10.1 Å². The number of carbonyl (C=O) groups excluding carboxylic acids is 1. The van der Waals surface area contributed by atoms with Crippen LogP contribution >= 0.6 is 0 Å². The number of hydrogen-bond donors (Lipinski definition) is 0. The van der Waals surface area contributed by atoms with E-state index in [1.165, 1.54) is 14.2 Å². The molecule has 0 fully saturated rings. The lowest BCUT2D eigenvalue weighted by Crippen LogP contribution is -2.05. The number of hydrogen-bond acceptors (Lipinski definition) is 5. The van der Waals surface area contributed by atoms with Crippen LogP contribution in [0.25, 0.3) is 10.8 Å². The van der Waals surface area contributed by atoms with Gasteiger partial charge in [0, 0.05) is 23.5 Å². The average molecular weight is 320 g/mol. The first-order chi connectivity index (χ1) is 11.7. The number of ether oxygens (including phenoxy) is 1. The Morgan fingerprint density at radius 2 is 1.67 bits per heavy atom. The Kier molecular flexibility index (Phi) is 4.52. The Hall–Kier alpha value is -3.21. The smallest absolute Gasteiger partial charge is 0.337 e. The van der Waals surface area contributed by atoms with Crippen LogP contribution in [-0.4, -0.2) is 30.9 Å². The fourth-order valence-electron chi connectivity index (χ4n) is 2.50. The van der Waals surface area contributed by atoms with Gasteiger partial charge in [0.2, 0.25) is 0 Å². The van der Waals surface area contributed by atoms with Crippen LogP contribution in [0, 0.1) is 0 Å². The van der Waals surface area contributed by atoms with E-state index in [4.69, 9.17) is 9.57 Å². The number of aromatic nitrogens is 1. The van der Waals surface area contributed by atoms with Crippen molar-refractivity contribution in [2.45, 2.75) is 0 Å². The summed E-state index contributed by atoms with van der Waals surface area (Å²) < 4.78 is 4.76. The Morgan fingerprint density at radius 1 is 0.958 bits per heavy atom. The highest BCUT2D eigenvalue weighted by Crippen LogP contribution is 2.21. The highest BCUT2D eigenvalue weighted by atomic mass is 16.6. The Labute approximate surface area is 139 Å². The standard InChI is InChI=1S/C19H16N2O3/c1-23-19(22)16-8-6-13-10-15(7-5-14(13)11-16)18(21-24-2)17-4-3-9-20-12-17/h3-12H,1-2H3/b21-18-. The first-order valence-electron chi connectivity index (χ1n) is 7.37. The average Bonchev–Trinajstić information content (AvgIpc) is 2.65. The van der Waals surface area contributed by atoms with Crippen molar-refractivity contribution in [2.75, 3.05) is 14.2 Å². The normalized spacial score (nSPS) is 11.3. The Morgan fingerprint density at radius 3 is 2.29 bits per heavy atom. The van der Waals surface area contributed by atoms with Gasteiger partial charge in [0.1, 0.15) is 12.8 Å². The molecule has 1 heterocycles. The van der Waals surface area contributed by atoms with Crippen LogP contribution in [0.2, 0.25) is 0 Å². The molecule has 5 heteroatoms. The fourth-order valence-corrected chi connectivity index (χ4v) is 2.50. The number of pyridine rings is 1. The van der Waals surface area contributed by atoms with Crippen molar-refractivity contribution in [1.82, 2.24) is 4.98 Å². The molecule has 3 rings (SSSR count). The lowest BCUT2D eigenvalue weighted by atomic mass is 9.99. The van der Waals surface area contributed by atoms with E-state index < -0.39 is 0 Å². The molecule has 0 unspecified atom stereocenters. The van der Waals surface area contributed by atoms with Gasteiger partial charge in [-0.25, -0.2) is 4.79 Å². The third-order valence-electron chi connectivity index (χ3n) is 3.65. The van der Waals surface area contributed by atoms with Crippen LogP contribution in [0.5, 0.6) is 0 Å². The van der Waals surface area contributed by atoms with Gasteiger partial charge in [-0.3, -0.25) is 4.98 Å². The molecule has 0 radical (unpaired) electrons. The maximum absolute atomic E-state index is 11.6. The molecule has 0 amide bonds. The highest BCUT2D eigenvalue weighted by molar-refractivity contribution is 6.14. The predicted molar refractivity (Wildman–Crippen MR) is 92.2 cm³/mol. The van der Waals surface area contributed by atoms with E-state index >= 15 is 0 Å². The zero-order chi connectivity index (χ0) is 16.9. The van der Waals surface area contributed by atoms with E-state index in [1.807, 2.05) is 42.5 Å². The summed E-state index contributed by atoms with van der Waals surface area (Å²) in [5.74, 6) is -0.349. The molecule has 2 aromatic carbocycles. The molecule has 24 heavy (non-hydrogen) atoms. The number of rotatable bonds is 4. The van der Waals surface area contributed by atoms with E-state index in [9.17, 15) is 4.79 Å². The topological polar surface area (TPSA) is 60.8 Å². The van der Waals surface area contributed by atoms with Crippen molar-refractivity contribution in [3.05, 3.63) is 77.6 Å². The molecule has 0 saturated carbocycles. The largest absolute Gasteiger partial charge is 0.465 e. The minimum Gasteiger partial charge on any atom is -0.465 e. The summed E-state index contributed by atoms with van der Waals surface area (Å²) in [5, 5.41) is 6.08. The lowest BCUT2D eigenvalue weighted by Gasteiger charge is -2.08. The molecular formula is C19H16N2O3. The van der Waals surface area contributed by atoms with Crippen LogP contribution in [0.1, 0.15) is 21.5 Å². The van der Waals surface area contributed by atoms with Crippen LogP contribution < -0.4 is 0 Å². The number of nitrogens with zero attached hydrogens (tertiary/aromatic N) is 2. The molecule has 0 N–H and O–H groups in total. The summed E-state index contributed by atoms with van der Waals surface area (Å²) in [6, 6.07) is 15.1. The number of carbonyl (C=O) groups is 1. The number of esters is 1. The van der Waals surface area contributed by atoms with Gasteiger partial charge in [-0.05, 0) is 41.1 Å². The van der Waals surface area contributed by atoms with Crippen molar-refractivity contribution in [3.63, 3.8) is 0 Å². The first-order valence-corrected chi connectivity index (χ1v) is 7.37. The molecule has 0 spiro atoms. The highest BCUT2D eigenvalue weighted by Gasteiger charge is 2.11. The van der Waals surface area contributed by atoms with Gasteiger partial charge in [-0.15, -0.1) is 0 Å². The molecule has 0 bridgehead atoms. The van der Waals surface area contributed by atoms with Gasteiger partial charge < -0.3 is 9.57 Å². The maximum Gasteiger partial charge on any atom is 0.337 e. The summed E-state index contributed by atoms with van der Waals surface area (Å²) in [7, 11) is 2.89. The van der Waals surface area contributed by atoms with E-state index in [-0.39, 0.29) is 5.97 Å². The van der Waals surface area contributed by atoms with E-state index in [0.717, 1.165) is 21.9 Å². The van der Waals surface area contributed by atoms with Gasteiger partial charge >= 0.3 is 5.97 Å². The minimum absolute atomic E-state index is 0.349. The molecular weight excluding hydrogens is 304 g/mol. The quantitative estimate of drug-likeness (QED) is 0.420. The second-order valence-electron chi connectivity index (χ2n) is 5.13. The Balaban J connectivity index is 2.06. The summed E-state index contributed by atoms with van der Waals surface area (Å²) in [5.41, 5.74) is 2.99. The summed E-state index contributed by atoms with van der Waals surface area (Å²) in [6.07, 6.45) is 3.45. The molecule has 1 aromatic heterocycles. The van der Waals surface area contributed by atoms with Gasteiger partial charge in [-0.2, -0.15) is 0 Å². The number of fused-ring (bicyclic) bond motifs is 1. The van der Waals surface area contributed by atoms with Crippen molar-refractivity contribution in [2.24, 2.45) is 5.16 Å². The van der Waals surface area contributed by atoms with Gasteiger partial charge in [0.05, 0.1) is 12.7 Å². The molecule has 0 aliphatic heterocycles. The molecule has 3 aromatic rings. The molecule has 120 valence electrons. The SMILES string of the molecule is CO/N=C(\c1cccnc1)c1ccc2cc(C(=O)OC)ccc2c1. The van der Waals surface area contributed by atoms with Gasteiger partial charge in [-0.1, -0.05) is 23.4 Å². The van der Waals surface area contributed by atoms with Crippen molar-refractivity contribution in [3.8, 4) is 0 Å². The van der Waals surface area contributed by atoms with Crippen LogP contribution in [0.15, 0.2) is 66.1 Å². The molecule has 5 nitrogen and oxygen atoms in total. The summed E-state index contributed by atoms with van der Waals surface area (Å²) >= 11 is 0. The van der Waals surface area contributed by atoms with E-state index in [0.29, 0.717) is 11.3 Å². The second-order valence-corrected chi connectivity index (χ2v) is 5.13. The van der Waals surface area contributed by atoms with Crippen molar-refractivity contribution in [1.29, 1.82) is 0 Å². The van der Waals surface area contributed by atoms with Crippen LogP contribution in [0.4, 0.5) is 0 Å². The zero-order valence-corrected chi connectivity index (χ0v) is 13.4.